The van der Waals surface area contributed by atoms with Gasteiger partial charge in [0.2, 0.25) is 0 Å². The number of hydrogen-bond donors (Lipinski definition) is 0. The van der Waals surface area contributed by atoms with Crippen LogP contribution in [0.1, 0.15) is 35.7 Å². The van der Waals surface area contributed by atoms with Gasteiger partial charge in [0.05, 0.1) is 11.6 Å². The minimum absolute atomic E-state index is 0.525. The Morgan fingerprint density at radius 1 is 1.04 bits per heavy atom. The minimum atomic E-state index is 0.525. The number of halogens is 1. The molecule has 124 valence electrons. The molecular weight excluding hydrogens is 330 g/mol. The van der Waals surface area contributed by atoms with E-state index in [1.165, 1.54) is 6.33 Å². The summed E-state index contributed by atoms with van der Waals surface area (Å²) in [5, 5.41) is 9.79. The highest BCUT2D eigenvalue weighted by Gasteiger charge is 2.11. The van der Waals surface area contributed by atoms with Crippen molar-refractivity contribution in [3.8, 4) is 17.2 Å². The number of rotatable bonds is 5. The van der Waals surface area contributed by atoms with Crippen molar-refractivity contribution in [2.75, 3.05) is 0 Å². The van der Waals surface area contributed by atoms with Gasteiger partial charge in [-0.2, -0.15) is 5.26 Å². The molecule has 0 aliphatic carbocycles. The van der Waals surface area contributed by atoms with Crippen molar-refractivity contribution >= 4 is 11.6 Å². The van der Waals surface area contributed by atoms with Crippen molar-refractivity contribution in [2.45, 2.75) is 26.2 Å². The van der Waals surface area contributed by atoms with E-state index in [1.807, 2.05) is 36.4 Å². The first-order valence-corrected chi connectivity index (χ1v) is 8.67. The van der Waals surface area contributed by atoms with Gasteiger partial charge >= 0.3 is 0 Å². The molecule has 0 saturated carbocycles. The zero-order valence-electron chi connectivity index (χ0n) is 14.0. The lowest BCUT2D eigenvalue weighted by Gasteiger charge is -2.10. The van der Waals surface area contributed by atoms with Crippen molar-refractivity contribution in [1.82, 2.24) is 9.97 Å². The van der Waals surface area contributed by atoms with Crippen LogP contribution in [0, 0.1) is 11.3 Å². The van der Waals surface area contributed by atoms with Gasteiger partial charge in [-0.15, -0.1) is 0 Å². The van der Waals surface area contributed by atoms with E-state index < -0.39 is 0 Å². The van der Waals surface area contributed by atoms with E-state index in [4.69, 9.17) is 11.6 Å². The van der Waals surface area contributed by atoms with Crippen LogP contribution in [0.4, 0.5) is 0 Å². The fourth-order valence-electron chi connectivity index (χ4n) is 2.89. The van der Waals surface area contributed by atoms with Crippen LogP contribution in [-0.4, -0.2) is 9.97 Å². The summed E-state index contributed by atoms with van der Waals surface area (Å²) in [5.74, 6) is 0. The summed E-state index contributed by atoms with van der Waals surface area (Å²) in [7, 11) is 0. The molecule has 0 saturated heterocycles. The van der Waals surface area contributed by atoms with Crippen LogP contribution in [0.5, 0.6) is 0 Å². The Labute approximate surface area is 153 Å². The highest BCUT2D eigenvalue weighted by atomic mass is 35.5. The second kappa shape index (κ2) is 7.92. The van der Waals surface area contributed by atoms with Crippen molar-refractivity contribution in [2.24, 2.45) is 0 Å². The molecule has 25 heavy (non-hydrogen) atoms. The summed E-state index contributed by atoms with van der Waals surface area (Å²) < 4.78 is 0. The normalized spacial score (nSPS) is 10.4. The first-order valence-electron chi connectivity index (χ1n) is 8.29. The van der Waals surface area contributed by atoms with Gasteiger partial charge in [-0.3, -0.25) is 0 Å². The van der Waals surface area contributed by atoms with E-state index >= 15 is 0 Å². The molecule has 4 heteroatoms. The molecule has 2 aromatic carbocycles. The van der Waals surface area contributed by atoms with Gasteiger partial charge < -0.3 is 0 Å². The number of hydrogen-bond acceptors (Lipinski definition) is 3. The largest absolute Gasteiger partial charge is 0.241 e. The van der Waals surface area contributed by atoms with Gasteiger partial charge in [0.25, 0.3) is 0 Å². The monoisotopic (exact) mass is 347 g/mol. The number of benzene rings is 2. The number of nitrogens with zero attached hydrogens (tertiary/aromatic N) is 3. The fourth-order valence-corrected chi connectivity index (χ4v) is 3.11. The molecule has 0 unspecified atom stereocenters. The Balaban J connectivity index is 1.89. The SMILES string of the molecule is CCCc1ncnc(Cl)c1Cc1ccc(-c2ccccc2C#N)cc1. The number of nitriles is 1. The Kier molecular flexibility index (Phi) is 5.42. The Bertz CT molecular complexity index is 911. The zero-order valence-corrected chi connectivity index (χ0v) is 14.8. The summed E-state index contributed by atoms with van der Waals surface area (Å²) in [6.45, 7) is 2.13. The van der Waals surface area contributed by atoms with Crippen LogP contribution in [0.15, 0.2) is 54.9 Å². The molecule has 3 aromatic rings. The van der Waals surface area contributed by atoms with Gasteiger partial charge in [0, 0.05) is 17.7 Å². The van der Waals surface area contributed by atoms with Crippen molar-refractivity contribution in [1.29, 1.82) is 5.26 Å². The second-order valence-corrected chi connectivity index (χ2v) is 6.23. The van der Waals surface area contributed by atoms with Gasteiger partial charge in [0.1, 0.15) is 11.5 Å². The Morgan fingerprint density at radius 3 is 2.52 bits per heavy atom. The highest BCUT2D eigenvalue weighted by Crippen LogP contribution is 2.25. The lowest BCUT2D eigenvalue weighted by molar-refractivity contribution is 0.848. The minimum Gasteiger partial charge on any atom is -0.241 e. The van der Waals surface area contributed by atoms with E-state index in [0.717, 1.165) is 40.8 Å². The predicted molar refractivity (Wildman–Crippen MR) is 100 cm³/mol. The van der Waals surface area contributed by atoms with Crippen LogP contribution < -0.4 is 0 Å². The van der Waals surface area contributed by atoms with Crippen LogP contribution in [0.2, 0.25) is 5.15 Å². The predicted octanol–water partition coefficient (Wildman–Crippen LogP) is 5.21. The van der Waals surface area contributed by atoms with Crippen LogP contribution in [0.25, 0.3) is 11.1 Å². The number of aromatic nitrogens is 2. The Hall–Kier alpha value is -2.70. The van der Waals surface area contributed by atoms with Crippen LogP contribution >= 0.6 is 11.6 Å². The fraction of sp³-hybridized carbons (Fsp3) is 0.190. The molecule has 0 N–H and O–H groups in total. The number of aryl methyl sites for hydroxylation is 1. The third-order valence-corrected chi connectivity index (χ3v) is 4.49. The third-order valence-electron chi connectivity index (χ3n) is 4.16. The van der Waals surface area contributed by atoms with Crippen LogP contribution in [-0.2, 0) is 12.8 Å². The lowest BCUT2D eigenvalue weighted by Crippen LogP contribution is -2.02. The Morgan fingerprint density at radius 2 is 1.80 bits per heavy atom. The van der Waals surface area contributed by atoms with Gasteiger partial charge in [-0.05, 0) is 29.2 Å². The van der Waals surface area contributed by atoms with E-state index in [1.54, 1.807) is 0 Å². The summed E-state index contributed by atoms with van der Waals surface area (Å²) in [5.41, 5.74) is 5.82. The maximum Gasteiger partial charge on any atom is 0.136 e. The third kappa shape index (κ3) is 3.87. The standard InChI is InChI=1S/C21H18ClN3/c1-2-5-20-19(21(22)25-14-24-20)12-15-8-10-16(11-9-15)18-7-4-3-6-17(18)13-23/h3-4,6-11,14H,2,5,12H2,1H3. The average molecular weight is 348 g/mol. The molecule has 0 radical (unpaired) electrons. The first kappa shape index (κ1) is 17.1. The molecule has 0 fully saturated rings. The summed E-state index contributed by atoms with van der Waals surface area (Å²) in [6, 6.07) is 18.1. The molecule has 1 aromatic heterocycles. The molecule has 0 bridgehead atoms. The van der Waals surface area contributed by atoms with Gasteiger partial charge in [-0.25, -0.2) is 9.97 Å². The second-order valence-electron chi connectivity index (χ2n) is 5.87. The molecule has 0 spiro atoms. The molecule has 3 nitrogen and oxygen atoms in total. The summed E-state index contributed by atoms with van der Waals surface area (Å²) in [4.78, 5) is 8.51. The van der Waals surface area contributed by atoms with Crippen molar-refractivity contribution in [3.63, 3.8) is 0 Å². The van der Waals surface area contributed by atoms with Crippen LogP contribution in [0.3, 0.4) is 0 Å². The van der Waals surface area contributed by atoms with Crippen molar-refractivity contribution < 1.29 is 0 Å². The molecule has 1 heterocycles. The smallest absolute Gasteiger partial charge is 0.136 e. The molecule has 0 amide bonds. The highest BCUT2D eigenvalue weighted by molar-refractivity contribution is 6.30. The maximum absolute atomic E-state index is 9.26. The van der Waals surface area contributed by atoms with E-state index in [9.17, 15) is 5.26 Å². The topological polar surface area (TPSA) is 49.6 Å². The van der Waals surface area contributed by atoms with E-state index in [2.05, 4.69) is 35.1 Å². The van der Waals surface area contributed by atoms with Gasteiger partial charge in [0.15, 0.2) is 0 Å². The van der Waals surface area contributed by atoms with E-state index in [0.29, 0.717) is 17.1 Å². The quantitative estimate of drug-likeness (QED) is 0.595. The molecule has 0 atom stereocenters. The summed E-state index contributed by atoms with van der Waals surface area (Å²) in [6.07, 6.45) is 4.14. The molecular formula is C21H18ClN3. The van der Waals surface area contributed by atoms with Gasteiger partial charge in [-0.1, -0.05) is 67.4 Å². The average Bonchev–Trinajstić information content (AvgIpc) is 2.65. The molecule has 3 rings (SSSR count). The lowest BCUT2D eigenvalue weighted by atomic mass is 9.97. The zero-order chi connectivity index (χ0) is 17.6. The molecule has 0 aliphatic rings. The first-order chi connectivity index (χ1) is 12.2. The summed E-state index contributed by atoms with van der Waals surface area (Å²) >= 11 is 6.29. The molecule has 0 aliphatic heterocycles. The maximum atomic E-state index is 9.26. The van der Waals surface area contributed by atoms with Crippen molar-refractivity contribution in [3.05, 3.63) is 82.4 Å². The van der Waals surface area contributed by atoms with E-state index in [-0.39, 0.29) is 0 Å².